The molecule has 1 atom stereocenters. The minimum absolute atomic E-state index is 0.408. The second kappa shape index (κ2) is 6.45. The van der Waals surface area contributed by atoms with Gasteiger partial charge in [0, 0.05) is 6.07 Å². The fourth-order valence-electron chi connectivity index (χ4n) is 1.98. The van der Waals surface area contributed by atoms with Crippen LogP contribution in [0.15, 0.2) is 42.5 Å². The molecule has 0 saturated heterocycles. The van der Waals surface area contributed by atoms with Gasteiger partial charge >= 0.3 is 0 Å². The number of hydrogen-bond donors (Lipinski definition) is 0. The maximum atomic E-state index is 8.87. The molecule has 2 rings (SSSR count). The summed E-state index contributed by atoms with van der Waals surface area (Å²) in [5.74, 6) is 1.91. The van der Waals surface area contributed by atoms with Crippen LogP contribution in [0.4, 0.5) is 0 Å². The Kier molecular flexibility index (Phi) is 4.65. The molecule has 0 aliphatic rings. The Balaban J connectivity index is 2.31. The number of halogens is 1. The third-order valence-corrected chi connectivity index (χ3v) is 3.66. The standard InChI is InChI=1S/C17H16ClNO/c1-3-12(2)15-6-4-5-7-17(15)20-14-9-8-13(11-19)16(18)10-14/h4-10,12H,3H2,1-2H3. The summed E-state index contributed by atoms with van der Waals surface area (Å²) in [6.07, 6.45) is 1.05. The van der Waals surface area contributed by atoms with Crippen LogP contribution in [0.1, 0.15) is 37.3 Å². The maximum Gasteiger partial charge on any atom is 0.130 e. The van der Waals surface area contributed by atoms with Crippen molar-refractivity contribution in [2.24, 2.45) is 0 Å². The molecule has 0 aliphatic heterocycles. The van der Waals surface area contributed by atoms with Gasteiger partial charge in [-0.3, -0.25) is 0 Å². The summed E-state index contributed by atoms with van der Waals surface area (Å²) >= 11 is 6.02. The first-order valence-electron chi connectivity index (χ1n) is 6.62. The van der Waals surface area contributed by atoms with Crippen molar-refractivity contribution in [1.29, 1.82) is 5.26 Å². The molecule has 1 unspecified atom stereocenters. The SMILES string of the molecule is CCC(C)c1ccccc1Oc1ccc(C#N)c(Cl)c1. The lowest BCUT2D eigenvalue weighted by atomic mass is 9.98. The predicted molar refractivity (Wildman–Crippen MR) is 81.4 cm³/mol. The quantitative estimate of drug-likeness (QED) is 0.741. The highest BCUT2D eigenvalue weighted by Crippen LogP contribution is 2.33. The van der Waals surface area contributed by atoms with E-state index in [1.807, 2.05) is 24.3 Å². The second-order valence-electron chi connectivity index (χ2n) is 4.70. The van der Waals surface area contributed by atoms with E-state index >= 15 is 0 Å². The van der Waals surface area contributed by atoms with Crippen LogP contribution in [-0.4, -0.2) is 0 Å². The number of para-hydroxylation sites is 1. The molecule has 0 aromatic heterocycles. The van der Waals surface area contributed by atoms with E-state index in [1.54, 1.807) is 18.2 Å². The fraction of sp³-hybridized carbons (Fsp3) is 0.235. The van der Waals surface area contributed by atoms with Crippen LogP contribution in [0.5, 0.6) is 11.5 Å². The molecule has 0 spiro atoms. The van der Waals surface area contributed by atoms with E-state index < -0.39 is 0 Å². The lowest BCUT2D eigenvalue weighted by Crippen LogP contribution is -1.96. The molecule has 0 bridgehead atoms. The number of benzene rings is 2. The summed E-state index contributed by atoms with van der Waals surface area (Å²) in [4.78, 5) is 0. The number of rotatable bonds is 4. The van der Waals surface area contributed by atoms with Crippen LogP contribution in [-0.2, 0) is 0 Å². The normalized spacial score (nSPS) is 11.7. The van der Waals surface area contributed by atoms with E-state index in [9.17, 15) is 0 Å². The third kappa shape index (κ3) is 3.12. The van der Waals surface area contributed by atoms with Gasteiger partial charge in [0.05, 0.1) is 10.6 Å². The minimum Gasteiger partial charge on any atom is -0.457 e. The van der Waals surface area contributed by atoms with Crippen molar-refractivity contribution >= 4 is 11.6 Å². The van der Waals surface area contributed by atoms with Gasteiger partial charge in [0.2, 0.25) is 0 Å². The van der Waals surface area contributed by atoms with E-state index in [4.69, 9.17) is 21.6 Å². The molecule has 0 saturated carbocycles. The monoisotopic (exact) mass is 285 g/mol. The predicted octanol–water partition coefficient (Wildman–Crippen LogP) is 5.52. The molecule has 2 nitrogen and oxygen atoms in total. The molecule has 0 N–H and O–H groups in total. The van der Waals surface area contributed by atoms with E-state index in [2.05, 4.69) is 19.9 Å². The molecule has 0 radical (unpaired) electrons. The topological polar surface area (TPSA) is 33.0 Å². The van der Waals surface area contributed by atoms with Crippen LogP contribution in [0.2, 0.25) is 5.02 Å². The molecular weight excluding hydrogens is 270 g/mol. The number of nitriles is 1. The van der Waals surface area contributed by atoms with E-state index in [-0.39, 0.29) is 0 Å². The zero-order valence-electron chi connectivity index (χ0n) is 11.6. The highest BCUT2D eigenvalue weighted by molar-refractivity contribution is 6.31. The highest BCUT2D eigenvalue weighted by atomic mass is 35.5. The maximum absolute atomic E-state index is 8.87. The number of nitrogens with zero attached hydrogens (tertiary/aromatic N) is 1. The van der Waals surface area contributed by atoms with Crippen LogP contribution in [0.25, 0.3) is 0 Å². The second-order valence-corrected chi connectivity index (χ2v) is 5.11. The summed E-state index contributed by atoms with van der Waals surface area (Å²) in [5.41, 5.74) is 1.63. The highest BCUT2D eigenvalue weighted by Gasteiger charge is 2.11. The van der Waals surface area contributed by atoms with Gasteiger partial charge in [-0.05, 0) is 36.1 Å². The van der Waals surface area contributed by atoms with Crippen molar-refractivity contribution in [2.75, 3.05) is 0 Å². The van der Waals surface area contributed by atoms with Crippen LogP contribution in [0.3, 0.4) is 0 Å². The first kappa shape index (κ1) is 14.4. The van der Waals surface area contributed by atoms with Gasteiger partial charge in [0.1, 0.15) is 17.6 Å². The van der Waals surface area contributed by atoms with Crippen molar-refractivity contribution in [3.63, 3.8) is 0 Å². The molecule has 2 aromatic carbocycles. The van der Waals surface area contributed by atoms with Gasteiger partial charge in [0.25, 0.3) is 0 Å². The van der Waals surface area contributed by atoms with Gasteiger partial charge in [-0.25, -0.2) is 0 Å². The van der Waals surface area contributed by atoms with Gasteiger partial charge in [-0.15, -0.1) is 0 Å². The molecule has 0 amide bonds. The minimum atomic E-state index is 0.408. The molecule has 0 aliphatic carbocycles. The van der Waals surface area contributed by atoms with Crippen LogP contribution >= 0.6 is 11.6 Å². The lowest BCUT2D eigenvalue weighted by Gasteiger charge is -2.15. The molecule has 3 heteroatoms. The summed E-state index contributed by atoms with van der Waals surface area (Å²) < 4.78 is 5.92. The van der Waals surface area contributed by atoms with Gasteiger partial charge in [0.15, 0.2) is 0 Å². The number of hydrogen-bond acceptors (Lipinski definition) is 2. The molecular formula is C17H16ClNO. The Hall–Kier alpha value is -1.98. The largest absolute Gasteiger partial charge is 0.457 e. The Bertz CT molecular complexity index is 646. The molecule has 20 heavy (non-hydrogen) atoms. The smallest absolute Gasteiger partial charge is 0.130 e. The molecule has 102 valence electrons. The average Bonchev–Trinajstić information content (AvgIpc) is 2.47. The van der Waals surface area contributed by atoms with E-state index in [0.29, 0.717) is 22.3 Å². The van der Waals surface area contributed by atoms with Gasteiger partial charge in [-0.2, -0.15) is 5.26 Å². The van der Waals surface area contributed by atoms with Crippen LogP contribution in [0, 0.1) is 11.3 Å². The Morgan fingerprint density at radius 1 is 1.25 bits per heavy atom. The average molecular weight is 286 g/mol. The van der Waals surface area contributed by atoms with E-state index in [1.165, 1.54) is 5.56 Å². The molecule has 2 aromatic rings. The number of ether oxygens (including phenoxy) is 1. The fourth-order valence-corrected chi connectivity index (χ4v) is 2.19. The summed E-state index contributed by atoms with van der Waals surface area (Å²) in [5, 5.41) is 9.28. The Morgan fingerprint density at radius 3 is 2.65 bits per heavy atom. The van der Waals surface area contributed by atoms with Crippen LogP contribution < -0.4 is 4.74 Å². The van der Waals surface area contributed by atoms with E-state index in [0.717, 1.165) is 12.2 Å². The lowest BCUT2D eigenvalue weighted by molar-refractivity contribution is 0.470. The first-order valence-corrected chi connectivity index (χ1v) is 7.00. The van der Waals surface area contributed by atoms with Crippen molar-refractivity contribution in [2.45, 2.75) is 26.2 Å². The van der Waals surface area contributed by atoms with Gasteiger partial charge < -0.3 is 4.74 Å². The zero-order chi connectivity index (χ0) is 14.5. The first-order chi connectivity index (χ1) is 9.65. The summed E-state index contributed by atoms with van der Waals surface area (Å²) in [7, 11) is 0. The van der Waals surface area contributed by atoms with Crippen molar-refractivity contribution in [1.82, 2.24) is 0 Å². The Labute approximate surface area is 124 Å². The van der Waals surface area contributed by atoms with Crippen molar-refractivity contribution in [3.05, 3.63) is 58.6 Å². The zero-order valence-corrected chi connectivity index (χ0v) is 12.3. The Morgan fingerprint density at radius 2 is 2.00 bits per heavy atom. The van der Waals surface area contributed by atoms with Crippen molar-refractivity contribution < 1.29 is 4.74 Å². The molecule has 0 heterocycles. The summed E-state index contributed by atoms with van der Waals surface area (Å²) in [6.45, 7) is 4.33. The van der Waals surface area contributed by atoms with Gasteiger partial charge in [-0.1, -0.05) is 43.6 Å². The molecule has 0 fully saturated rings. The summed E-state index contributed by atoms with van der Waals surface area (Å²) in [6, 6.07) is 15.1. The van der Waals surface area contributed by atoms with Crippen molar-refractivity contribution in [3.8, 4) is 17.6 Å². The third-order valence-electron chi connectivity index (χ3n) is 3.35.